The molecule has 0 rings (SSSR count). The molecule has 0 aromatic rings. The first-order chi connectivity index (χ1) is 9.28. The molecule has 0 radical (unpaired) electrons. The fraction of sp³-hybridized carbons (Fsp3) is 1.00. The second-order valence-corrected chi connectivity index (χ2v) is 6.30. The lowest BCUT2D eigenvalue weighted by Crippen LogP contribution is -2.30. The average molecular weight is 290 g/mol. The first kappa shape index (κ1) is 19.3. The summed E-state index contributed by atoms with van der Waals surface area (Å²) >= 11 is 2.05. The van der Waals surface area contributed by atoms with E-state index in [0.29, 0.717) is 6.10 Å². The van der Waals surface area contributed by atoms with Crippen LogP contribution in [0.1, 0.15) is 66.2 Å². The van der Waals surface area contributed by atoms with Crippen LogP contribution >= 0.6 is 11.8 Å². The summed E-state index contributed by atoms with van der Waals surface area (Å²) in [7, 11) is 0. The summed E-state index contributed by atoms with van der Waals surface area (Å²) < 4.78 is 6.12. The summed E-state index contributed by atoms with van der Waals surface area (Å²) in [5.74, 6) is 2.43. The summed E-state index contributed by atoms with van der Waals surface area (Å²) in [5, 5.41) is 0. The Bertz CT molecular complexity index is 174. The maximum absolute atomic E-state index is 6.12. The molecule has 0 heterocycles. The van der Waals surface area contributed by atoms with Gasteiger partial charge in [-0.25, -0.2) is 0 Å². The van der Waals surface area contributed by atoms with Gasteiger partial charge in [0.1, 0.15) is 0 Å². The Labute approximate surface area is 125 Å². The van der Waals surface area contributed by atoms with Gasteiger partial charge in [0.2, 0.25) is 0 Å². The lowest BCUT2D eigenvalue weighted by molar-refractivity contribution is -0.0125. The zero-order chi connectivity index (χ0) is 14.3. The molecule has 0 aromatic heterocycles. The molecule has 1 atom stereocenters. The van der Waals surface area contributed by atoms with Gasteiger partial charge in [0.25, 0.3) is 0 Å². The SMILES string of the molecule is CCCCCCC(CSCCC)OCN(CC)CC. The quantitative estimate of drug-likeness (QED) is 0.337. The third kappa shape index (κ3) is 11.8. The lowest BCUT2D eigenvalue weighted by Gasteiger charge is -2.23. The van der Waals surface area contributed by atoms with Crippen molar-refractivity contribution in [3.8, 4) is 0 Å². The summed E-state index contributed by atoms with van der Waals surface area (Å²) in [4.78, 5) is 2.35. The maximum atomic E-state index is 6.12. The number of hydrogen-bond acceptors (Lipinski definition) is 3. The number of nitrogens with zero attached hydrogens (tertiary/aromatic N) is 1. The molecule has 1 unspecified atom stereocenters. The molecule has 0 fully saturated rings. The van der Waals surface area contributed by atoms with Crippen molar-refractivity contribution < 1.29 is 4.74 Å². The van der Waals surface area contributed by atoms with Gasteiger partial charge in [-0.1, -0.05) is 53.4 Å². The van der Waals surface area contributed by atoms with Crippen LogP contribution in [0.5, 0.6) is 0 Å². The van der Waals surface area contributed by atoms with Gasteiger partial charge in [0.05, 0.1) is 12.8 Å². The molecule has 0 spiro atoms. The number of unbranched alkanes of at least 4 members (excludes halogenated alkanes) is 3. The normalized spacial score (nSPS) is 13.1. The second-order valence-electron chi connectivity index (χ2n) is 5.15. The van der Waals surface area contributed by atoms with Crippen molar-refractivity contribution in [1.82, 2.24) is 4.90 Å². The predicted molar refractivity (Wildman–Crippen MR) is 89.0 cm³/mol. The zero-order valence-electron chi connectivity index (χ0n) is 13.6. The molecule has 3 heteroatoms. The molecule has 0 saturated heterocycles. The van der Waals surface area contributed by atoms with E-state index in [4.69, 9.17) is 4.74 Å². The standard InChI is InChI=1S/C16H35NOS/c1-5-9-10-11-12-16(14-19-13-6-2)18-15-17(7-3)8-4/h16H,5-15H2,1-4H3. The average Bonchev–Trinajstić information content (AvgIpc) is 2.44. The van der Waals surface area contributed by atoms with E-state index in [-0.39, 0.29) is 0 Å². The molecule has 0 saturated carbocycles. The van der Waals surface area contributed by atoms with Crippen LogP contribution < -0.4 is 0 Å². The highest BCUT2D eigenvalue weighted by molar-refractivity contribution is 7.99. The topological polar surface area (TPSA) is 12.5 Å². The Balaban J connectivity index is 3.87. The predicted octanol–water partition coefficient (Wildman–Crippen LogP) is 4.78. The molecule has 0 bridgehead atoms. The van der Waals surface area contributed by atoms with Crippen molar-refractivity contribution in [2.45, 2.75) is 72.3 Å². The molecule has 0 aromatic carbocycles. The molecule has 0 amide bonds. The molecule has 19 heavy (non-hydrogen) atoms. The molecular weight excluding hydrogens is 254 g/mol. The second kappa shape index (κ2) is 14.7. The van der Waals surface area contributed by atoms with E-state index in [1.807, 2.05) is 11.8 Å². The molecule has 2 nitrogen and oxygen atoms in total. The van der Waals surface area contributed by atoms with Gasteiger partial charge in [-0.15, -0.1) is 0 Å². The molecule has 0 aliphatic rings. The maximum Gasteiger partial charge on any atom is 0.0994 e. The third-order valence-corrected chi connectivity index (χ3v) is 4.72. The van der Waals surface area contributed by atoms with E-state index in [9.17, 15) is 0 Å². The van der Waals surface area contributed by atoms with Crippen LogP contribution in [0.4, 0.5) is 0 Å². The Kier molecular flexibility index (Phi) is 14.9. The van der Waals surface area contributed by atoms with E-state index >= 15 is 0 Å². The van der Waals surface area contributed by atoms with Crippen LogP contribution in [-0.2, 0) is 4.74 Å². The number of ether oxygens (including phenoxy) is 1. The Morgan fingerprint density at radius 3 is 2.26 bits per heavy atom. The third-order valence-electron chi connectivity index (χ3n) is 3.42. The highest BCUT2D eigenvalue weighted by atomic mass is 32.2. The van der Waals surface area contributed by atoms with Gasteiger partial charge >= 0.3 is 0 Å². The highest BCUT2D eigenvalue weighted by Gasteiger charge is 2.10. The van der Waals surface area contributed by atoms with E-state index in [1.54, 1.807) is 0 Å². The van der Waals surface area contributed by atoms with Gasteiger partial charge in [0, 0.05) is 5.75 Å². The molecule has 0 aliphatic heterocycles. The van der Waals surface area contributed by atoms with Crippen LogP contribution in [0.2, 0.25) is 0 Å². The zero-order valence-corrected chi connectivity index (χ0v) is 14.4. The summed E-state index contributed by atoms with van der Waals surface area (Å²) in [6, 6.07) is 0. The van der Waals surface area contributed by atoms with Crippen LogP contribution in [-0.4, -0.2) is 42.3 Å². The van der Waals surface area contributed by atoms with Crippen LogP contribution in [0, 0.1) is 0 Å². The Hall–Kier alpha value is 0.270. The smallest absolute Gasteiger partial charge is 0.0994 e. The molecular formula is C16H35NOS. The van der Waals surface area contributed by atoms with Gasteiger partial charge in [-0.3, -0.25) is 4.90 Å². The largest absolute Gasteiger partial charge is 0.362 e. The molecule has 0 aliphatic carbocycles. The van der Waals surface area contributed by atoms with Gasteiger partial charge in [-0.2, -0.15) is 11.8 Å². The van der Waals surface area contributed by atoms with E-state index in [1.165, 1.54) is 50.0 Å². The van der Waals surface area contributed by atoms with Crippen LogP contribution in [0.3, 0.4) is 0 Å². The summed E-state index contributed by atoms with van der Waals surface area (Å²) in [5.41, 5.74) is 0. The van der Waals surface area contributed by atoms with Gasteiger partial charge < -0.3 is 4.74 Å². The van der Waals surface area contributed by atoms with Crippen LogP contribution in [0.25, 0.3) is 0 Å². The van der Waals surface area contributed by atoms with Crippen molar-refractivity contribution in [2.75, 3.05) is 31.3 Å². The van der Waals surface area contributed by atoms with Crippen molar-refractivity contribution in [2.24, 2.45) is 0 Å². The minimum Gasteiger partial charge on any atom is -0.362 e. The van der Waals surface area contributed by atoms with E-state index in [0.717, 1.165) is 19.8 Å². The van der Waals surface area contributed by atoms with Crippen molar-refractivity contribution >= 4 is 11.8 Å². The number of thioether (sulfide) groups is 1. The van der Waals surface area contributed by atoms with Gasteiger partial charge in [0.15, 0.2) is 0 Å². The number of rotatable bonds is 14. The monoisotopic (exact) mass is 289 g/mol. The highest BCUT2D eigenvalue weighted by Crippen LogP contribution is 2.14. The van der Waals surface area contributed by atoms with Crippen molar-refractivity contribution in [3.05, 3.63) is 0 Å². The Morgan fingerprint density at radius 1 is 0.947 bits per heavy atom. The first-order valence-corrected chi connectivity index (χ1v) is 9.35. The van der Waals surface area contributed by atoms with E-state index in [2.05, 4.69) is 32.6 Å². The van der Waals surface area contributed by atoms with Crippen molar-refractivity contribution in [1.29, 1.82) is 0 Å². The fourth-order valence-corrected chi connectivity index (χ4v) is 2.97. The fourth-order valence-electron chi connectivity index (χ4n) is 1.99. The first-order valence-electron chi connectivity index (χ1n) is 8.20. The van der Waals surface area contributed by atoms with Gasteiger partial charge in [-0.05, 0) is 31.7 Å². The number of hydrogen-bond donors (Lipinski definition) is 0. The van der Waals surface area contributed by atoms with E-state index < -0.39 is 0 Å². The van der Waals surface area contributed by atoms with Crippen molar-refractivity contribution in [3.63, 3.8) is 0 Å². The minimum atomic E-state index is 0.453. The van der Waals surface area contributed by atoms with Crippen LogP contribution in [0.15, 0.2) is 0 Å². The molecule has 0 N–H and O–H groups in total. The summed E-state index contributed by atoms with van der Waals surface area (Å²) in [6.07, 6.45) is 8.32. The minimum absolute atomic E-state index is 0.453. The lowest BCUT2D eigenvalue weighted by atomic mass is 10.1. The Morgan fingerprint density at radius 2 is 1.68 bits per heavy atom. The summed E-state index contributed by atoms with van der Waals surface area (Å²) in [6.45, 7) is 11.9. The molecule has 116 valence electrons.